The summed E-state index contributed by atoms with van der Waals surface area (Å²) >= 11 is 0. The van der Waals surface area contributed by atoms with Crippen molar-refractivity contribution in [1.29, 1.82) is 0 Å². The highest BCUT2D eigenvalue weighted by Gasteiger charge is 2.10. The number of hydrogen-bond acceptors (Lipinski definition) is 5. The monoisotopic (exact) mass is 331 g/mol. The van der Waals surface area contributed by atoms with Crippen molar-refractivity contribution in [2.45, 2.75) is 0 Å². The Balaban J connectivity index is 1.57. The first-order chi connectivity index (χ1) is 12.3. The summed E-state index contributed by atoms with van der Waals surface area (Å²) in [6, 6.07) is 14.6. The number of amides is 1. The van der Waals surface area contributed by atoms with Gasteiger partial charge in [-0.2, -0.15) is 0 Å². The van der Waals surface area contributed by atoms with Gasteiger partial charge in [0.2, 0.25) is 0 Å². The summed E-state index contributed by atoms with van der Waals surface area (Å²) in [7, 11) is 0. The molecule has 2 aromatic heterocycles. The zero-order valence-electron chi connectivity index (χ0n) is 13.0. The van der Waals surface area contributed by atoms with Crippen LogP contribution in [0.2, 0.25) is 0 Å². The van der Waals surface area contributed by atoms with Crippen LogP contribution in [-0.2, 0) is 0 Å². The first-order valence-corrected chi connectivity index (χ1v) is 7.53. The average molecular weight is 331 g/mol. The summed E-state index contributed by atoms with van der Waals surface area (Å²) in [5.74, 6) is -0.206. The number of para-hydroxylation sites is 2. The Morgan fingerprint density at radius 1 is 0.920 bits per heavy atom. The van der Waals surface area contributed by atoms with Crippen LogP contribution in [0.4, 0.5) is 5.69 Å². The molecule has 0 aliphatic carbocycles. The maximum Gasteiger partial charge on any atom is 0.255 e. The molecule has 0 fully saturated rings. The van der Waals surface area contributed by atoms with E-state index >= 15 is 0 Å². The van der Waals surface area contributed by atoms with Crippen LogP contribution in [0.3, 0.4) is 0 Å². The van der Waals surface area contributed by atoms with E-state index in [0.29, 0.717) is 11.3 Å². The number of nitrogens with zero attached hydrogens (tertiary/aromatic N) is 6. The molecule has 1 amide bonds. The average Bonchev–Trinajstić information content (AvgIpc) is 3.36. The van der Waals surface area contributed by atoms with Gasteiger partial charge in [-0.15, -0.1) is 15.3 Å². The molecule has 0 bridgehead atoms. The molecule has 4 rings (SSSR count). The van der Waals surface area contributed by atoms with E-state index in [1.54, 1.807) is 46.4 Å². The van der Waals surface area contributed by atoms with E-state index in [1.165, 1.54) is 0 Å². The van der Waals surface area contributed by atoms with Gasteiger partial charge in [-0.3, -0.25) is 9.36 Å². The second-order valence-electron chi connectivity index (χ2n) is 5.23. The van der Waals surface area contributed by atoms with Crippen LogP contribution in [0.5, 0.6) is 0 Å². The van der Waals surface area contributed by atoms with Gasteiger partial charge in [-0.25, -0.2) is 4.68 Å². The molecule has 0 radical (unpaired) electrons. The zero-order chi connectivity index (χ0) is 17.1. The first kappa shape index (κ1) is 14.8. The maximum absolute atomic E-state index is 12.5. The molecule has 8 nitrogen and oxygen atoms in total. The van der Waals surface area contributed by atoms with Gasteiger partial charge in [-0.05, 0) is 36.4 Å². The lowest BCUT2D eigenvalue weighted by molar-refractivity contribution is 0.102. The summed E-state index contributed by atoms with van der Waals surface area (Å²) in [5, 5.41) is 18.2. The van der Waals surface area contributed by atoms with Crippen molar-refractivity contribution >= 4 is 11.6 Å². The van der Waals surface area contributed by atoms with Gasteiger partial charge in [0, 0.05) is 11.3 Å². The summed E-state index contributed by atoms with van der Waals surface area (Å²) in [6.07, 6.45) is 6.51. The molecular weight excluding hydrogens is 318 g/mol. The second-order valence-corrected chi connectivity index (χ2v) is 5.23. The van der Waals surface area contributed by atoms with Crippen molar-refractivity contribution < 1.29 is 4.79 Å². The first-order valence-electron chi connectivity index (χ1n) is 7.53. The van der Waals surface area contributed by atoms with Gasteiger partial charge >= 0.3 is 0 Å². The van der Waals surface area contributed by atoms with Crippen LogP contribution in [-0.4, -0.2) is 35.7 Å². The van der Waals surface area contributed by atoms with Gasteiger partial charge in [0.15, 0.2) is 0 Å². The molecule has 0 saturated carbocycles. The van der Waals surface area contributed by atoms with Crippen molar-refractivity contribution in [2.75, 3.05) is 5.32 Å². The Morgan fingerprint density at radius 2 is 1.68 bits per heavy atom. The summed E-state index contributed by atoms with van der Waals surface area (Å²) in [5.41, 5.74) is 2.82. The highest BCUT2D eigenvalue weighted by atomic mass is 16.1. The lowest BCUT2D eigenvalue weighted by Crippen LogP contribution is -2.14. The number of aromatic nitrogens is 6. The van der Waals surface area contributed by atoms with Crippen LogP contribution in [0.1, 0.15) is 10.4 Å². The topological polar surface area (TPSA) is 90.5 Å². The molecule has 0 spiro atoms. The van der Waals surface area contributed by atoms with E-state index in [9.17, 15) is 4.79 Å². The molecule has 0 unspecified atom stereocenters. The lowest BCUT2D eigenvalue weighted by Gasteiger charge is -2.11. The number of anilines is 1. The van der Waals surface area contributed by atoms with Gasteiger partial charge in [0.05, 0.1) is 23.8 Å². The fourth-order valence-corrected chi connectivity index (χ4v) is 2.43. The Labute approximate surface area is 142 Å². The van der Waals surface area contributed by atoms with E-state index < -0.39 is 0 Å². The minimum Gasteiger partial charge on any atom is -0.320 e. The fraction of sp³-hybridized carbons (Fsp3) is 0. The van der Waals surface area contributed by atoms with Crippen molar-refractivity contribution in [2.24, 2.45) is 0 Å². The standard InChI is InChI=1S/C17H13N7O/c25-17(13-5-7-14(8-6-13)23-11-19-20-12-23)21-15-3-1-2-4-16(15)24-10-9-18-22-24/h1-12H,(H,21,25). The van der Waals surface area contributed by atoms with Crippen LogP contribution in [0, 0.1) is 0 Å². The van der Waals surface area contributed by atoms with Gasteiger partial charge in [-0.1, -0.05) is 17.3 Å². The molecule has 122 valence electrons. The third-order valence-electron chi connectivity index (χ3n) is 3.67. The number of nitrogens with one attached hydrogen (secondary N) is 1. The minimum atomic E-state index is -0.206. The minimum absolute atomic E-state index is 0.206. The number of rotatable bonds is 4. The van der Waals surface area contributed by atoms with Crippen molar-refractivity contribution in [3.63, 3.8) is 0 Å². The Kier molecular flexibility index (Phi) is 3.76. The summed E-state index contributed by atoms with van der Waals surface area (Å²) < 4.78 is 3.37. The number of benzene rings is 2. The highest BCUT2D eigenvalue weighted by Crippen LogP contribution is 2.20. The van der Waals surface area contributed by atoms with E-state index in [2.05, 4.69) is 25.8 Å². The molecular formula is C17H13N7O. The van der Waals surface area contributed by atoms with Crippen molar-refractivity contribution in [1.82, 2.24) is 29.8 Å². The van der Waals surface area contributed by atoms with Crippen LogP contribution in [0.25, 0.3) is 11.4 Å². The SMILES string of the molecule is O=C(Nc1ccccc1-n1ccnn1)c1ccc(-n2cnnc2)cc1. The van der Waals surface area contributed by atoms with Crippen LogP contribution < -0.4 is 5.32 Å². The fourth-order valence-electron chi connectivity index (χ4n) is 2.43. The Hall–Kier alpha value is -3.81. The van der Waals surface area contributed by atoms with E-state index in [0.717, 1.165) is 11.4 Å². The van der Waals surface area contributed by atoms with Gasteiger partial charge in [0.25, 0.3) is 5.91 Å². The predicted molar refractivity (Wildman–Crippen MR) is 90.7 cm³/mol. The van der Waals surface area contributed by atoms with Crippen LogP contribution >= 0.6 is 0 Å². The van der Waals surface area contributed by atoms with Crippen molar-refractivity contribution in [3.05, 3.63) is 79.1 Å². The van der Waals surface area contributed by atoms with E-state index in [1.807, 2.05) is 36.4 Å². The van der Waals surface area contributed by atoms with Crippen molar-refractivity contribution in [3.8, 4) is 11.4 Å². The van der Waals surface area contributed by atoms with Gasteiger partial charge in [0.1, 0.15) is 12.7 Å². The van der Waals surface area contributed by atoms with E-state index in [4.69, 9.17) is 0 Å². The molecule has 0 saturated heterocycles. The molecule has 2 heterocycles. The third kappa shape index (κ3) is 3.00. The maximum atomic E-state index is 12.5. The zero-order valence-corrected chi connectivity index (χ0v) is 13.0. The third-order valence-corrected chi connectivity index (χ3v) is 3.67. The largest absolute Gasteiger partial charge is 0.320 e. The molecule has 2 aromatic carbocycles. The summed E-state index contributed by atoms with van der Waals surface area (Å²) in [4.78, 5) is 12.5. The number of hydrogen-bond donors (Lipinski definition) is 1. The number of carbonyl (C=O) groups excluding carboxylic acids is 1. The molecule has 0 aliphatic heterocycles. The Bertz CT molecular complexity index is 976. The summed E-state index contributed by atoms with van der Waals surface area (Å²) in [6.45, 7) is 0. The molecule has 0 atom stereocenters. The normalized spacial score (nSPS) is 10.6. The van der Waals surface area contributed by atoms with Gasteiger partial charge < -0.3 is 5.32 Å². The molecule has 1 N–H and O–H groups in total. The number of carbonyl (C=O) groups is 1. The smallest absolute Gasteiger partial charge is 0.255 e. The molecule has 25 heavy (non-hydrogen) atoms. The molecule has 8 heteroatoms. The van der Waals surface area contributed by atoms with E-state index in [-0.39, 0.29) is 5.91 Å². The second kappa shape index (κ2) is 6.36. The molecule has 4 aromatic rings. The van der Waals surface area contributed by atoms with Crippen LogP contribution in [0.15, 0.2) is 73.6 Å². The quantitative estimate of drug-likeness (QED) is 0.618. The highest BCUT2D eigenvalue weighted by molar-refractivity contribution is 6.05. The Morgan fingerprint density at radius 3 is 2.40 bits per heavy atom. The predicted octanol–water partition coefficient (Wildman–Crippen LogP) is 2.10. The molecule has 0 aliphatic rings. The lowest BCUT2D eigenvalue weighted by atomic mass is 10.2.